The first-order chi connectivity index (χ1) is 12.1. The molecule has 3 fully saturated rings. The van der Waals surface area contributed by atoms with E-state index in [2.05, 4.69) is 15.9 Å². The molecular weight excluding hydrogens is 384 g/mol. The van der Waals surface area contributed by atoms with Crippen LogP contribution in [0.4, 0.5) is 0 Å². The van der Waals surface area contributed by atoms with Crippen LogP contribution in [-0.2, 0) is 14.3 Å². The molecule has 25 heavy (non-hydrogen) atoms. The summed E-state index contributed by atoms with van der Waals surface area (Å²) in [7, 11) is 0. The van der Waals surface area contributed by atoms with Gasteiger partial charge in [0, 0.05) is 36.9 Å². The normalized spacial score (nSPS) is 28.8. The van der Waals surface area contributed by atoms with Crippen molar-refractivity contribution in [1.29, 1.82) is 0 Å². The first-order valence-corrected chi connectivity index (χ1v) is 10.9. The Morgan fingerprint density at radius 1 is 0.880 bits per heavy atom. The highest BCUT2D eigenvalue weighted by Gasteiger charge is 2.30. The predicted octanol–water partition coefficient (Wildman–Crippen LogP) is 2.96. The van der Waals surface area contributed by atoms with Crippen molar-refractivity contribution in [2.75, 3.05) is 32.8 Å². The van der Waals surface area contributed by atoms with Crippen molar-refractivity contribution in [2.24, 2.45) is 5.92 Å². The zero-order valence-corrected chi connectivity index (χ0v) is 16.7. The first kappa shape index (κ1) is 19.2. The van der Waals surface area contributed by atoms with E-state index >= 15 is 0 Å². The second kappa shape index (κ2) is 9.36. The summed E-state index contributed by atoms with van der Waals surface area (Å²) in [6.07, 6.45) is 10.3. The van der Waals surface area contributed by atoms with E-state index in [1.807, 2.05) is 9.80 Å². The molecule has 1 aliphatic heterocycles. The van der Waals surface area contributed by atoms with Crippen molar-refractivity contribution in [2.45, 2.75) is 68.7 Å². The molecule has 1 heterocycles. The van der Waals surface area contributed by atoms with Crippen LogP contribution in [0.3, 0.4) is 0 Å². The number of rotatable bonds is 4. The van der Waals surface area contributed by atoms with Crippen molar-refractivity contribution >= 4 is 27.7 Å². The second-order valence-corrected chi connectivity index (χ2v) is 9.03. The van der Waals surface area contributed by atoms with Gasteiger partial charge in [-0.05, 0) is 38.5 Å². The number of ether oxygens (including phenoxy) is 1. The van der Waals surface area contributed by atoms with Crippen LogP contribution in [0.15, 0.2) is 0 Å². The molecule has 2 unspecified atom stereocenters. The van der Waals surface area contributed by atoms with Gasteiger partial charge in [-0.15, -0.1) is 0 Å². The number of halogens is 1. The Bertz CT molecular complexity index is 460. The Balaban J connectivity index is 1.37. The fraction of sp³-hybridized carbons (Fsp3) is 0.895. The lowest BCUT2D eigenvalue weighted by Gasteiger charge is -2.37. The molecule has 0 N–H and O–H groups in total. The van der Waals surface area contributed by atoms with E-state index in [1.165, 1.54) is 25.7 Å². The number of carbonyl (C=O) groups excluding carboxylic acids is 2. The van der Waals surface area contributed by atoms with Gasteiger partial charge in [0.1, 0.15) is 6.61 Å². The van der Waals surface area contributed by atoms with Crippen molar-refractivity contribution in [3.8, 4) is 0 Å². The molecule has 0 aromatic rings. The van der Waals surface area contributed by atoms with Crippen LogP contribution in [0, 0.1) is 5.92 Å². The van der Waals surface area contributed by atoms with Gasteiger partial charge in [-0.3, -0.25) is 9.59 Å². The fourth-order valence-corrected chi connectivity index (χ4v) is 5.04. The summed E-state index contributed by atoms with van der Waals surface area (Å²) in [5.74, 6) is 0.609. The van der Waals surface area contributed by atoms with Gasteiger partial charge in [-0.25, -0.2) is 0 Å². The molecule has 0 radical (unpaired) electrons. The average Bonchev–Trinajstić information content (AvgIpc) is 2.66. The van der Waals surface area contributed by atoms with Gasteiger partial charge in [0.05, 0.1) is 6.10 Å². The summed E-state index contributed by atoms with van der Waals surface area (Å²) < 4.78 is 5.84. The highest BCUT2D eigenvalue weighted by atomic mass is 79.9. The summed E-state index contributed by atoms with van der Waals surface area (Å²) in [5.41, 5.74) is 0. The van der Waals surface area contributed by atoms with Crippen LogP contribution in [-0.4, -0.2) is 65.3 Å². The van der Waals surface area contributed by atoms with E-state index in [0.29, 0.717) is 36.9 Å². The van der Waals surface area contributed by atoms with Crippen molar-refractivity contribution in [3.63, 3.8) is 0 Å². The highest BCUT2D eigenvalue weighted by molar-refractivity contribution is 9.09. The lowest BCUT2D eigenvalue weighted by Crippen LogP contribution is -2.53. The number of hydrogen-bond acceptors (Lipinski definition) is 3. The van der Waals surface area contributed by atoms with Gasteiger partial charge in [0.25, 0.3) is 0 Å². The third-order valence-electron chi connectivity index (χ3n) is 5.90. The van der Waals surface area contributed by atoms with Crippen molar-refractivity contribution in [3.05, 3.63) is 0 Å². The number of amides is 2. The van der Waals surface area contributed by atoms with Gasteiger partial charge in [-0.2, -0.15) is 0 Å². The Hall–Kier alpha value is -0.620. The van der Waals surface area contributed by atoms with Crippen LogP contribution in [0.1, 0.15) is 57.8 Å². The van der Waals surface area contributed by atoms with E-state index in [0.717, 1.165) is 32.1 Å². The van der Waals surface area contributed by atoms with Crippen molar-refractivity contribution in [1.82, 2.24) is 9.80 Å². The van der Waals surface area contributed by atoms with Gasteiger partial charge in [0.2, 0.25) is 11.8 Å². The van der Waals surface area contributed by atoms with Gasteiger partial charge >= 0.3 is 0 Å². The molecule has 1 saturated heterocycles. The van der Waals surface area contributed by atoms with Crippen LogP contribution < -0.4 is 0 Å². The topological polar surface area (TPSA) is 49.9 Å². The third kappa shape index (κ3) is 5.43. The fourth-order valence-electron chi connectivity index (χ4n) is 4.30. The van der Waals surface area contributed by atoms with E-state index < -0.39 is 0 Å². The van der Waals surface area contributed by atoms with Crippen LogP contribution in [0.5, 0.6) is 0 Å². The Kier molecular flexibility index (Phi) is 7.17. The number of piperazine rings is 1. The summed E-state index contributed by atoms with van der Waals surface area (Å²) in [5, 5.41) is 0. The van der Waals surface area contributed by atoms with Crippen molar-refractivity contribution < 1.29 is 14.3 Å². The zero-order chi connectivity index (χ0) is 17.6. The maximum Gasteiger partial charge on any atom is 0.248 e. The van der Waals surface area contributed by atoms with Crippen LogP contribution in [0.25, 0.3) is 0 Å². The summed E-state index contributed by atoms with van der Waals surface area (Å²) in [6, 6.07) is 0. The molecule has 5 nitrogen and oxygen atoms in total. The molecule has 2 atom stereocenters. The molecule has 2 aliphatic carbocycles. The first-order valence-electron chi connectivity index (χ1n) is 9.95. The Labute approximate surface area is 159 Å². The smallest absolute Gasteiger partial charge is 0.248 e. The second-order valence-electron chi connectivity index (χ2n) is 7.74. The molecular formula is C19H31BrN2O3. The molecule has 0 spiro atoms. The lowest BCUT2D eigenvalue weighted by atomic mass is 9.88. The number of alkyl halides is 1. The number of hydrogen-bond donors (Lipinski definition) is 0. The zero-order valence-electron chi connectivity index (χ0n) is 15.1. The molecule has 3 aliphatic rings. The van der Waals surface area contributed by atoms with Gasteiger partial charge in [0.15, 0.2) is 0 Å². The maximum absolute atomic E-state index is 12.6. The predicted molar refractivity (Wildman–Crippen MR) is 101 cm³/mol. The highest BCUT2D eigenvalue weighted by Crippen LogP contribution is 2.27. The number of carbonyl (C=O) groups is 2. The minimum atomic E-state index is 0.0708. The van der Waals surface area contributed by atoms with Gasteiger partial charge < -0.3 is 14.5 Å². The van der Waals surface area contributed by atoms with Gasteiger partial charge in [-0.1, -0.05) is 35.2 Å². The summed E-state index contributed by atoms with van der Waals surface area (Å²) in [4.78, 5) is 29.3. The van der Waals surface area contributed by atoms with E-state index in [4.69, 9.17) is 4.74 Å². The summed E-state index contributed by atoms with van der Waals surface area (Å²) >= 11 is 3.65. The van der Waals surface area contributed by atoms with E-state index in [9.17, 15) is 9.59 Å². The average molecular weight is 415 g/mol. The quantitative estimate of drug-likeness (QED) is 0.664. The molecule has 2 saturated carbocycles. The standard InChI is InChI=1S/C19H31BrN2O3/c20-16-7-4-8-17(13-16)25-14-18(23)21-9-11-22(12-10-21)19(24)15-5-2-1-3-6-15/h15-17H,1-14H2. The molecule has 0 bridgehead atoms. The van der Waals surface area contributed by atoms with E-state index in [1.54, 1.807) is 0 Å². The molecule has 2 amide bonds. The summed E-state index contributed by atoms with van der Waals surface area (Å²) in [6.45, 7) is 2.82. The Morgan fingerprint density at radius 3 is 2.24 bits per heavy atom. The SMILES string of the molecule is O=C(COC1CCCC(Br)C1)N1CCN(C(=O)C2CCCCC2)CC1. The van der Waals surface area contributed by atoms with Crippen LogP contribution in [0.2, 0.25) is 0 Å². The molecule has 0 aromatic carbocycles. The maximum atomic E-state index is 12.6. The molecule has 6 heteroatoms. The molecule has 0 aromatic heterocycles. The molecule has 142 valence electrons. The van der Waals surface area contributed by atoms with Crippen LogP contribution >= 0.6 is 15.9 Å². The minimum Gasteiger partial charge on any atom is -0.368 e. The minimum absolute atomic E-state index is 0.0708. The Morgan fingerprint density at radius 2 is 1.56 bits per heavy atom. The monoisotopic (exact) mass is 414 g/mol. The molecule has 3 rings (SSSR count). The number of nitrogens with zero attached hydrogens (tertiary/aromatic N) is 2. The van der Waals surface area contributed by atoms with E-state index in [-0.39, 0.29) is 24.5 Å². The lowest BCUT2D eigenvalue weighted by molar-refractivity contribution is -0.146. The third-order valence-corrected chi connectivity index (χ3v) is 6.73. The largest absolute Gasteiger partial charge is 0.368 e.